The van der Waals surface area contributed by atoms with Crippen molar-refractivity contribution in [1.82, 2.24) is 9.88 Å². The molecule has 2 aromatic rings. The number of imide groups is 1. The van der Waals surface area contributed by atoms with E-state index in [0.717, 1.165) is 17.2 Å². The Hall–Kier alpha value is -3.09. The third-order valence-electron chi connectivity index (χ3n) is 4.12. The molecular formula is C16H15N3O4. The third kappa shape index (κ3) is 2.01. The monoisotopic (exact) mass is 313 g/mol. The molecule has 0 saturated heterocycles. The number of benzene rings is 1. The number of nitrogens with two attached hydrogens (primary N) is 1. The van der Waals surface area contributed by atoms with E-state index in [1.807, 2.05) is 13.8 Å². The van der Waals surface area contributed by atoms with Crippen LogP contribution < -0.4 is 21.3 Å². The van der Waals surface area contributed by atoms with Gasteiger partial charge in [-0.2, -0.15) is 0 Å². The summed E-state index contributed by atoms with van der Waals surface area (Å²) in [6, 6.07) is 4.55. The molecule has 0 saturated carbocycles. The summed E-state index contributed by atoms with van der Waals surface area (Å²) in [7, 11) is 1.56. The number of pyridine rings is 1. The quantitative estimate of drug-likeness (QED) is 0.803. The summed E-state index contributed by atoms with van der Waals surface area (Å²) in [5, 5.41) is 2.14. The van der Waals surface area contributed by atoms with Gasteiger partial charge in [0.15, 0.2) is 0 Å². The molecule has 7 heteroatoms. The fourth-order valence-corrected chi connectivity index (χ4v) is 2.77. The number of amides is 2. The molecule has 23 heavy (non-hydrogen) atoms. The van der Waals surface area contributed by atoms with Crippen LogP contribution in [0.25, 0.3) is 5.69 Å². The molecule has 1 aliphatic heterocycles. The fourth-order valence-electron chi connectivity index (χ4n) is 2.77. The minimum atomic E-state index is -0.608. The maximum absolute atomic E-state index is 12.4. The van der Waals surface area contributed by atoms with Gasteiger partial charge in [-0.25, -0.2) is 0 Å². The van der Waals surface area contributed by atoms with Crippen LogP contribution in [0.3, 0.4) is 0 Å². The lowest BCUT2D eigenvalue weighted by molar-refractivity contribution is 0.0880. The summed E-state index contributed by atoms with van der Waals surface area (Å²) in [4.78, 5) is 36.0. The molecule has 0 atom stereocenters. The van der Waals surface area contributed by atoms with Gasteiger partial charge in [0.2, 0.25) is 0 Å². The summed E-state index contributed by atoms with van der Waals surface area (Å²) in [5.41, 5.74) is 7.79. The van der Waals surface area contributed by atoms with Crippen molar-refractivity contribution in [2.75, 3.05) is 12.8 Å². The highest BCUT2D eigenvalue weighted by atomic mass is 16.5. The summed E-state index contributed by atoms with van der Waals surface area (Å²) >= 11 is 0. The number of hydrogen-bond acceptors (Lipinski definition) is 5. The second-order valence-electron chi connectivity index (χ2n) is 5.31. The van der Waals surface area contributed by atoms with Gasteiger partial charge in [-0.1, -0.05) is 0 Å². The van der Waals surface area contributed by atoms with Crippen LogP contribution in [0, 0.1) is 13.8 Å². The number of fused-ring (bicyclic) bond motifs is 1. The van der Waals surface area contributed by atoms with Crippen LogP contribution in [0.15, 0.2) is 23.0 Å². The van der Waals surface area contributed by atoms with Gasteiger partial charge in [-0.3, -0.25) is 24.3 Å². The van der Waals surface area contributed by atoms with Crippen LogP contribution in [-0.2, 0) is 0 Å². The van der Waals surface area contributed by atoms with E-state index in [1.54, 1.807) is 19.2 Å². The molecule has 2 amide bonds. The number of nitrogens with zero attached hydrogens (tertiary/aromatic N) is 1. The minimum absolute atomic E-state index is 0.0108. The predicted octanol–water partition coefficient (Wildman–Crippen LogP) is 0.929. The lowest BCUT2D eigenvalue weighted by atomic mass is 10.1. The average molecular weight is 313 g/mol. The number of ether oxygens (including phenoxy) is 1. The summed E-state index contributed by atoms with van der Waals surface area (Å²) in [5.74, 6) is -0.571. The Morgan fingerprint density at radius 1 is 1.09 bits per heavy atom. The molecule has 0 fully saturated rings. The van der Waals surface area contributed by atoms with Gasteiger partial charge in [0, 0.05) is 6.07 Å². The Bertz CT molecular complexity index is 928. The molecule has 0 spiro atoms. The van der Waals surface area contributed by atoms with Gasteiger partial charge < -0.3 is 10.5 Å². The van der Waals surface area contributed by atoms with E-state index in [0.29, 0.717) is 11.4 Å². The number of methoxy groups -OCH3 is 1. The zero-order chi connectivity index (χ0) is 16.9. The van der Waals surface area contributed by atoms with Crippen molar-refractivity contribution in [3.63, 3.8) is 0 Å². The lowest BCUT2D eigenvalue weighted by Crippen LogP contribution is -2.24. The number of anilines is 1. The highest BCUT2D eigenvalue weighted by molar-refractivity contribution is 6.23. The summed E-state index contributed by atoms with van der Waals surface area (Å²) in [6.07, 6.45) is 0. The lowest BCUT2D eigenvalue weighted by Gasteiger charge is -2.17. The molecule has 2 heterocycles. The molecule has 7 nitrogen and oxygen atoms in total. The third-order valence-corrected chi connectivity index (χ3v) is 4.12. The van der Waals surface area contributed by atoms with Gasteiger partial charge in [0.25, 0.3) is 17.4 Å². The van der Waals surface area contributed by atoms with Crippen LogP contribution in [0.4, 0.5) is 5.82 Å². The molecule has 118 valence electrons. The Labute approximate surface area is 131 Å². The van der Waals surface area contributed by atoms with Gasteiger partial charge >= 0.3 is 0 Å². The number of hydrogen-bond donors (Lipinski definition) is 2. The number of nitrogens with one attached hydrogen (secondary N) is 1. The number of aromatic nitrogens is 1. The zero-order valence-corrected chi connectivity index (χ0v) is 12.9. The second-order valence-corrected chi connectivity index (χ2v) is 5.31. The summed E-state index contributed by atoms with van der Waals surface area (Å²) < 4.78 is 6.49. The first-order valence-electron chi connectivity index (χ1n) is 6.92. The van der Waals surface area contributed by atoms with Crippen LogP contribution in [-0.4, -0.2) is 23.5 Å². The normalized spacial score (nSPS) is 13.0. The Kier molecular flexibility index (Phi) is 3.21. The Morgan fingerprint density at radius 3 is 2.43 bits per heavy atom. The molecule has 3 rings (SSSR count). The van der Waals surface area contributed by atoms with E-state index in [9.17, 15) is 14.4 Å². The highest BCUT2D eigenvalue weighted by Crippen LogP contribution is 2.29. The number of carbonyl (C=O) groups is 2. The highest BCUT2D eigenvalue weighted by Gasteiger charge is 2.32. The van der Waals surface area contributed by atoms with E-state index in [1.165, 1.54) is 4.57 Å². The van der Waals surface area contributed by atoms with Gasteiger partial charge in [0.1, 0.15) is 11.6 Å². The number of carbonyl (C=O) groups excluding carboxylic acids is 2. The Morgan fingerprint density at radius 2 is 1.78 bits per heavy atom. The standard InChI is InChI=1S/C16H15N3O4/c1-7-8(2)11(23-3)5-4-10(7)19-12(20)6-9-13(14(19)17)16(22)18-15(9)21/h4-6H,17H2,1-3H3,(H,18,21,22). The number of rotatable bonds is 2. The molecule has 0 unspecified atom stereocenters. The molecule has 1 aliphatic rings. The van der Waals surface area contributed by atoms with E-state index in [2.05, 4.69) is 5.32 Å². The van der Waals surface area contributed by atoms with Crippen molar-refractivity contribution in [2.24, 2.45) is 0 Å². The van der Waals surface area contributed by atoms with Crippen molar-refractivity contribution < 1.29 is 14.3 Å². The zero-order valence-electron chi connectivity index (χ0n) is 12.9. The van der Waals surface area contributed by atoms with E-state index in [4.69, 9.17) is 10.5 Å². The predicted molar refractivity (Wildman–Crippen MR) is 84.3 cm³/mol. The molecule has 1 aromatic carbocycles. The minimum Gasteiger partial charge on any atom is -0.496 e. The largest absolute Gasteiger partial charge is 0.496 e. The second kappa shape index (κ2) is 4.98. The molecule has 0 radical (unpaired) electrons. The maximum Gasteiger partial charge on any atom is 0.262 e. The van der Waals surface area contributed by atoms with Crippen molar-refractivity contribution in [2.45, 2.75) is 13.8 Å². The molecule has 3 N–H and O–H groups in total. The van der Waals surface area contributed by atoms with Gasteiger partial charge in [-0.05, 0) is 37.1 Å². The SMILES string of the molecule is COc1ccc(-n2c(N)c3c(cc2=O)C(=O)NC3=O)c(C)c1C. The maximum atomic E-state index is 12.4. The first-order valence-corrected chi connectivity index (χ1v) is 6.92. The topological polar surface area (TPSA) is 103 Å². The van der Waals surface area contributed by atoms with Crippen LogP contribution in [0.1, 0.15) is 31.8 Å². The van der Waals surface area contributed by atoms with Crippen molar-refractivity contribution in [1.29, 1.82) is 0 Å². The van der Waals surface area contributed by atoms with E-state index >= 15 is 0 Å². The molecule has 0 bridgehead atoms. The van der Waals surface area contributed by atoms with Gasteiger partial charge in [-0.15, -0.1) is 0 Å². The van der Waals surface area contributed by atoms with E-state index < -0.39 is 17.4 Å². The van der Waals surface area contributed by atoms with Crippen molar-refractivity contribution in [3.8, 4) is 11.4 Å². The van der Waals surface area contributed by atoms with E-state index in [-0.39, 0.29) is 16.9 Å². The average Bonchev–Trinajstić information content (AvgIpc) is 2.78. The number of nitrogen functional groups attached to an aromatic ring is 1. The van der Waals surface area contributed by atoms with Crippen molar-refractivity contribution in [3.05, 3.63) is 50.8 Å². The fraction of sp³-hybridized carbons (Fsp3) is 0.188. The van der Waals surface area contributed by atoms with Crippen LogP contribution >= 0.6 is 0 Å². The smallest absolute Gasteiger partial charge is 0.262 e. The van der Waals surface area contributed by atoms with Crippen LogP contribution in [0.5, 0.6) is 5.75 Å². The molecular weight excluding hydrogens is 298 g/mol. The summed E-state index contributed by atoms with van der Waals surface area (Å²) in [6.45, 7) is 3.69. The molecule has 0 aliphatic carbocycles. The molecule has 1 aromatic heterocycles. The van der Waals surface area contributed by atoms with Crippen molar-refractivity contribution >= 4 is 17.6 Å². The first kappa shape index (κ1) is 14.8. The first-order chi connectivity index (χ1) is 10.9. The van der Waals surface area contributed by atoms with Gasteiger partial charge in [0.05, 0.1) is 23.9 Å². The Balaban J connectivity index is 2.34. The van der Waals surface area contributed by atoms with Crippen LogP contribution in [0.2, 0.25) is 0 Å².